The molecule has 0 aromatic heterocycles. The Labute approximate surface area is 183 Å². The van der Waals surface area contributed by atoms with E-state index in [0.717, 1.165) is 22.2 Å². The molecule has 6 nitrogen and oxygen atoms in total. The number of hydrogen-bond acceptors (Lipinski definition) is 6. The van der Waals surface area contributed by atoms with E-state index in [1.165, 1.54) is 0 Å². The number of aldehydes is 1. The molecule has 0 aliphatic carbocycles. The van der Waals surface area contributed by atoms with Crippen LogP contribution in [0.15, 0.2) is 54.6 Å². The summed E-state index contributed by atoms with van der Waals surface area (Å²) in [7, 11) is 6.54. The van der Waals surface area contributed by atoms with Gasteiger partial charge in [0.05, 0.1) is 46.2 Å². The highest BCUT2D eigenvalue weighted by atomic mass is 31.1. The molecule has 0 saturated heterocycles. The summed E-state index contributed by atoms with van der Waals surface area (Å²) in [6.07, 6.45) is 0.830. The van der Waals surface area contributed by atoms with Crippen LogP contribution >= 0.6 is 7.92 Å². The van der Waals surface area contributed by atoms with Crippen LogP contribution in [0.3, 0.4) is 0 Å². The summed E-state index contributed by atoms with van der Waals surface area (Å²) in [6.45, 7) is 0. The molecule has 0 N–H and O–H groups in total. The molecule has 0 aliphatic rings. The maximum atomic E-state index is 12.1. The SMILES string of the molecule is COc1cccc(C=O)c1P(c1c(OC)cccc1OC)c1c(OC)cccc1OC. The number of benzene rings is 3. The van der Waals surface area contributed by atoms with Crippen LogP contribution in [-0.4, -0.2) is 41.8 Å². The molecule has 162 valence electrons. The molecule has 3 rings (SSSR count). The Bertz CT molecular complexity index is 966. The third kappa shape index (κ3) is 4.17. The molecule has 0 aliphatic heterocycles. The fourth-order valence-corrected chi connectivity index (χ4v) is 6.47. The van der Waals surface area contributed by atoms with Crippen LogP contribution in [0, 0.1) is 0 Å². The van der Waals surface area contributed by atoms with Gasteiger partial charge in [0.1, 0.15) is 28.7 Å². The molecule has 31 heavy (non-hydrogen) atoms. The fraction of sp³-hybridized carbons (Fsp3) is 0.208. The van der Waals surface area contributed by atoms with Crippen molar-refractivity contribution >= 4 is 30.1 Å². The number of carbonyl (C=O) groups excluding carboxylic acids is 1. The van der Waals surface area contributed by atoms with Gasteiger partial charge >= 0.3 is 0 Å². The first-order chi connectivity index (χ1) is 15.1. The van der Waals surface area contributed by atoms with Crippen molar-refractivity contribution in [3.63, 3.8) is 0 Å². The van der Waals surface area contributed by atoms with Crippen molar-refractivity contribution in [2.75, 3.05) is 35.5 Å². The smallest absolute Gasteiger partial charge is 0.150 e. The van der Waals surface area contributed by atoms with Crippen LogP contribution in [0.5, 0.6) is 28.7 Å². The first-order valence-corrected chi connectivity index (χ1v) is 10.8. The molecular formula is C24H25O6P. The first-order valence-electron chi connectivity index (χ1n) is 9.49. The number of ether oxygens (including phenoxy) is 5. The zero-order chi connectivity index (χ0) is 22.4. The first kappa shape index (κ1) is 22.4. The Kier molecular flexibility index (Phi) is 7.37. The van der Waals surface area contributed by atoms with Crippen molar-refractivity contribution in [2.24, 2.45) is 0 Å². The minimum atomic E-state index is -1.46. The fourth-order valence-electron chi connectivity index (χ4n) is 3.48. The maximum absolute atomic E-state index is 12.1. The van der Waals surface area contributed by atoms with E-state index in [4.69, 9.17) is 23.7 Å². The average Bonchev–Trinajstić information content (AvgIpc) is 2.83. The van der Waals surface area contributed by atoms with E-state index >= 15 is 0 Å². The second-order valence-electron chi connectivity index (χ2n) is 6.37. The van der Waals surface area contributed by atoms with Crippen LogP contribution in [0.25, 0.3) is 0 Å². The highest BCUT2D eigenvalue weighted by Crippen LogP contribution is 2.48. The van der Waals surface area contributed by atoms with Crippen molar-refractivity contribution in [1.82, 2.24) is 0 Å². The standard InChI is InChI=1S/C24H25O6P/c1-26-17-10-6-9-16(15-25)22(17)31(23-18(27-2)11-7-12-19(23)28-3)24-20(29-4)13-8-14-21(24)30-5/h6-15H,1-5H3. The normalized spacial score (nSPS) is 10.5. The van der Waals surface area contributed by atoms with Gasteiger partial charge in [-0.2, -0.15) is 0 Å². The summed E-state index contributed by atoms with van der Waals surface area (Å²) < 4.78 is 28.6. The van der Waals surface area contributed by atoms with Crippen molar-refractivity contribution in [3.8, 4) is 28.7 Å². The lowest BCUT2D eigenvalue weighted by atomic mass is 10.2. The van der Waals surface area contributed by atoms with Crippen molar-refractivity contribution in [1.29, 1.82) is 0 Å². The van der Waals surface area contributed by atoms with E-state index in [9.17, 15) is 4.79 Å². The van der Waals surface area contributed by atoms with E-state index in [1.54, 1.807) is 47.7 Å². The third-order valence-corrected chi connectivity index (χ3v) is 7.55. The number of carbonyl (C=O) groups is 1. The zero-order valence-electron chi connectivity index (χ0n) is 18.2. The third-order valence-electron chi connectivity index (χ3n) is 4.85. The molecule has 0 amide bonds. The number of hydrogen-bond donors (Lipinski definition) is 0. The molecule has 0 bridgehead atoms. The Morgan fingerprint density at radius 2 is 0.871 bits per heavy atom. The molecule has 0 unspecified atom stereocenters. The molecular weight excluding hydrogens is 415 g/mol. The van der Waals surface area contributed by atoms with Gasteiger partial charge in [0.2, 0.25) is 0 Å². The number of rotatable bonds is 9. The van der Waals surface area contributed by atoms with Crippen molar-refractivity contribution < 1.29 is 28.5 Å². The monoisotopic (exact) mass is 440 g/mol. The molecule has 0 fully saturated rings. The van der Waals surface area contributed by atoms with Crippen LogP contribution in [0.1, 0.15) is 10.4 Å². The van der Waals surface area contributed by atoms with E-state index in [2.05, 4.69) is 0 Å². The molecule has 0 heterocycles. The summed E-state index contributed by atoms with van der Waals surface area (Å²) in [5.41, 5.74) is 0.506. The van der Waals surface area contributed by atoms with E-state index in [0.29, 0.717) is 34.3 Å². The summed E-state index contributed by atoms with van der Waals surface area (Å²) in [6, 6.07) is 16.6. The van der Waals surface area contributed by atoms with Crippen molar-refractivity contribution in [3.05, 3.63) is 60.2 Å². The molecule has 0 atom stereocenters. The van der Waals surface area contributed by atoms with Gasteiger partial charge < -0.3 is 23.7 Å². The van der Waals surface area contributed by atoms with E-state index in [-0.39, 0.29) is 0 Å². The van der Waals surface area contributed by atoms with Gasteiger partial charge in [0.25, 0.3) is 0 Å². The quantitative estimate of drug-likeness (QED) is 0.376. The Morgan fingerprint density at radius 1 is 0.548 bits per heavy atom. The summed E-state index contributed by atoms with van der Waals surface area (Å²) >= 11 is 0. The van der Waals surface area contributed by atoms with Crippen LogP contribution in [0.2, 0.25) is 0 Å². The Hall–Kier alpha value is -3.24. The van der Waals surface area contributed by atoms with Crippen molar-refractivity contribution in [2.45, 2.75) is 0 Å². The molecule has 0 spiro atoms. The minimum Gasteiger partial charge on any atom is -0.496 e. The predicted molar refractivity (Wildman–Crippen MR) is 123 cm³/mol. The molecule has 3 aromatic rings. The molecule has 0 radical (unpaired) electrons. The lowest BCUT2D eigenvalue weighted by molar-refractivity contribution is 0.112. The topological polar surface area (TPSA) is 63.2 Å². The maximum Gasteiger partial charge on any atom is 0.150 e. The largest absolute Gasteiger partial charge is 0.496 e. The molecule has 0 saturated carbocycles. The average molecular weight is 440 g/mol. The Balaban J connectivity index is 2.53. The van der Waals surface area contributed by atoms with Crippen LogP contribution in [-0.2, 0) is 0 Å². The lowest BCUT2D eigenvalue weighted by Crippen LogP contribution is -2.28. The van der Waals surface area contributed by atoms with Gasteiger partial charge in [-0.1, -0.05) is 24.3 Å². The van der Waals surface area contributed by atoms with Gasteiger partial charge in [-0.3, -0.25) is 4.79 Å². The summed E-state index contributed by atoms with van der Waals surface area (Å²) in [5.74, 6) is 3.08. The van der Waals surface area contributed by atoms with Gasteiger partial charge in [-0.05, 0) is 30.3 Å². The van der Waals surface area contributed by atoms with Gasteiger partial charge in [0.15, 0.2) is 6.29 Å². The highest BCUT2D eigenvalue weighted by Gasteiger charge is 2.33. The predicted octanol–water partition coefficient (Wildman–Crippen LogP) is 3.30. The second kappa shape index (κ2) is 10.2. The van der Waals surface area contributed by atoms with Gasteiger partial charge in [-0.15, -0.1) is 0 Å². The minimum absolute atomic E-state index is 0.506. The lowest BCUT2D eigenvalue weighted by Gasteiger charge is -2.28. The summed E-state index contributed by atoms with van der Waals surface area (Å²) in [4.78, 5) is 12.1. The van der Waals surface area contributed by atoms with Crippen LogP contribution in [0.4, 0.5) is 0 Å². The van der Waals surface area contributed by atoms with E-state index in [1.807, 2.05) is 42.5 Å². The highest BCUT2D eigenvalue weighted by molar-refractivity contribution is 7.81. The summed E-state index contributed by atoms with van der Waals surface area (Å²) in [5, 5.41) is 2.30. The van der Waals surface area contributed by atoms with Gasteiger partial charge in [0, 0.05) is 18.8 Å². The Morgan fingerprint density at radius 3 is 1.19 bits per heavy atom. The molecule has 7 heteroatoms. The second-order valence-corrected chi connectivity index (χ2v) is 8.39. The van der Waals surface area contributed by atoms with E-state index < -0.39 is 7.92 Å². The molecule has 3 aromatic carbocycles. The zero-order valence-corrected chi connectivity index (χ0v) is 19.1. The van der Waals surface area contributed by atoms with Gasteiger partial charge in [-0.25, -0.2) is 0 Å². The van der Waals surface area contributed by atoms with Crippen LogP contribution < -0.4 is 39.6 Å². The number of methoxy groups -OCH3 is 5.